The average Bonchev–Trinajstić information content (AvgIpc) is 3.21. The van der Waals surface area contributed by atoms with Crippen molar-refractivity contribution in [1.29, 1.82) is 0 Å². The topological polar surface area (TPSA) is 6.48 Å². The standard InChI is InChI=1S/C48H31BN2/c1-2-16-33(17-3-1)50-43-27-10-8-25-41(43)49-42-26-9-11-28-44(42)51(46-30-14-29-45(50)48(46)49)34-18-12-15-32(31-34)35-23-13-24-40-38-20-5-4-19-36(38)37-21-6-7-22-39(37)47(35)40/h1-31H. The molecule has 51 heavy (non-hydrogen) atoms. The van der Waals surface area contributed by atoms with Crippen LogP contribution in [0.5, 0.6) is 0 Å². The van der Waals surface area contributed by atoms with Crippen molar-refractivity contribution in [2.75, 3.05) is 9.80 Å². The minimum absolute atomic E-state index is 0.126. The highest BCUT2D eigenvalue weighted by molar-refractivity contribution is 7.00. The Hall–Kier alpha value is -6.58. The molecule has 0 aliphatic carbocycles. The average molecular weight is 647 g/mol. The number of fused-ring (bicyclic) bond motifs is 10. The van der Waals surface area contributed by atoms with E-state index in [2.05, 4.69) is 198 Å². The van der Waals surface area contributed by atoms with Crippen molar-refractivity contribution in [3.63, 3.8) is 0 Å². The van der Waals surface area contributed by atoms with E-state index in [1.54, 1.807) is 0 Å². The third kappa shape index (κ3) is 4.06. The Morgan fingerprint density at radius 1 is 0.333 bits per heavy atom. The second-order valence-corrected chi connectivity index (χ2v) is 13.6. The molecule has 9 aromatic rings. The van der Waals surface area contributed by atoms with E-state index in [1.165, 1.54) is 88.3 Å². The van der Waals surface area contributed by atoms with Gasteiger partial charge >= 0.3 is 0 Å². The van der Waals surface area contributed by atoms with Crippen molar-refractivity contribution in [2.24, 2.45) is 0 Å². The highest BCUT2D eigenvalue weighted by atomic mass is 15.2. The van der Waals surface area contributed by atoms with Gasteiger partial charge in [0.2, 0.25) is 0 Å². The second-order valence-electron chi connectivity index (χ2n) is 13.6. The molecule has 0 spiro atoms. The van der Waals surface area contributed by atoms with Crippen LogP contribution in [0.1, 0.15) is 0 Å². The monoisotopic (exact) mass is 646 g/mol. The van der Waals surface area contributed by atoms with Crippen LogP contribution in [-0.4, -0.2) is 6.71 Å². The number of hydrogen-bond donors (Lipinski definition) is 0. The Kier molecular flexibility index (Phi) is 6.08. The minimum atomic E-state index is 0.126. The van der Waals surface area contributed by atoms with Crippen LogP contribution in [0.3, 0.4) is 0 Å². The Labute approximate surface area is 297 Å². The van der Waals surface area contributed by atoms with Crippen molar-refractivity contribution in [3.05, 3.63) is 188 Å². The molecule has 3 heteroatoms. The molecule has 0 N–H and O–H groups in total. The lowest BCUT2D eigenvalue weighted by atomic mass is 9.33. The molecule has 236 valence electrons. The van der Waals surface area contributed by atoms with E-state index in [4.69, 9.17) is 0 Å². The van der Waals surface area contributed by atoms with Gasteiger partial charge in [0.05, 0.1) is 0 Å². The van der Waals surface area contributed by atoms with Gasteiger partial charge in [0, 0.05) is 34.1 Å². The number of rotatable bonds is 3. The van der Waals surface area contributed by atoms with Gasteiger partial charge in [-0.05, 0) is 108 Å². The summed E-state index contributed by atoms with van der Waals surface area (Å²) in [6.07, 6.45) is 0. The molecule has 0 radical (unpaired) electrons. The number of anilines is 6. The summed E-state index contributed by atoms with van der Waals surface area (Å²) in [7, 11) is 0. The van der Waals surface area contributed by atoms with Gasteiger partial charge in [-0.1, -0.05) is 140 Å². The quantitative estimate of drug-likeness (QED) is 0.139. The van der Waals surface area contributed by atoms with E-state index in [-0.39, 0.29) is 6.71 Å². The zero-order valence-corrected chi connectivity index (χ0v) is 27.9. The molecule has 9 aromatic carbocycles. The molecule has 0 atom stereocenters. The summed E-state index contributed by atoms with van der Waals surface area (Å²) in [6.45, 7) is 0.126. The summed E-state index contributed by atoms with van der Waals surface area (Å²) >= 11 is 0. The minimum Gasteiger partial charge on any atom is -0.311 e. The summed E-state index contributed by atoms with van der Waals surface area (Å²) < 4.78 is 0. The zero-order chi connectivity index (χ0) is 33.5. The maximum atomic E-state index is 2.49. The van der Waals surface area contributed by atoms with Crippen LogP contribution in [0.15, 0.2) is 188 Å². The van der Waals surface area contributed by atoms with Gasteiger partial charge in [-0.15, -0.1) is 0 Å². The van der Waals surface area contributed by atoms with E-state index in [9.17, 15) is 0 Å². The van der Waals surface area contributed by atoms with Crippen LogP contribution in [0.25, 0.3) is 43.4 Å². The van der Waals surface area contributed by atoms with Crippen molar-refractivity contribution < 1.29 is 0 Å². The Morgan fingerprint density at radius 2 is 0.784 bits per heavy atom. The highest BCUT2D eigenvalue weighted by Gasteiger charge is 2.42. The van der Waals surface area contributed by atoms with Gasteiger partial charge in [0.15, 0.2) is 0 Å². The van der Waals surface area contributed by atoms with Crippen LogP contribution in [0.2, 0.25) is 0 Å². The molecule has 2 heterocycles. The van der Waals surface area contributed by atoms with E-state index < -0.39 is 0 Å². The first-order chi connectivity index (χ1) is 25.3. The first-order valence-corrected chi connectivity index (χ1v) is 17.7. The molecule has 11 rings (SSSR count). The molecule has 0 amide bonds. The first kappa shape index (κ1) is 28.3. The van der Waals surface area contributed by atoms with Gasteiger partial charge in [-0.25, -0.2) is 0 Å². The lowest BCUT2D eigenvalue weighted by Gasteiger charge is -2.44. The maximum absolute atomic E-state index is 2.49. The Bertz CT molecular complexity index is 2800. The summed E-state index contributed by atoms with van der Waals surface area (Å²) in [5.41, 5.74) is 13.7. The lowest BCUT2D eigenvalue weighted by Crippen LogP contribution is -2.61. The molecule has 0 saturated heterocycles. The molecule has 0 saturated carbocycles. The van der Waals surface area contributed by atoms with E-state index in [0.29, 0.717) is 0 Å². The number of nitrogens with zero attached hydrogens (tertiary/aromatic N) is 2. The molecule has 2 nitrogen and oxygen atoms in total. The van der Waals surface area contributed by atoms with Crippen LogP contribution >= 0.6 is 0 Å². The largest absolute Gasteiger partial charge is 0.311 e. The SMILES string of the molecule is c1ccc(N2c3ccccc3B3c4ccccc4N(c4cccc(-c5cccc6c7ccccc7c7ccccc7c56)c4)c4cccc2c43)cc1. The molecular weight excluding hydrogens is 615 g/mol. The second kappa shape index (κ2) is 11.0. The number of benzene rings is 9. The van der Waals surface area contributed by atoms with Crippen molar-refractivity contribution in [3.8, 4) is 11.1 Å². The summed E-state index contributed by atoms with van der Waals surface area (Å²) in [4.78, 5) is 4.93. The van der Waals surface area contributed by atoms with E-state index in [0.717, 1.165) is 5.69 Å². The molecular formula is C48H31BN2. The van der Waals surface area contributed by atoms with Crippen LogP contribution < -0.4 is 26.2 Å². The molecule has 0 fully saturated rings. The third-order valence-corrected chi connectivity index (χ3v) is 11.0. The van der Waals surface area contributed by atoms with Gasteiger partial charge in [-0.2, -0.15) is 0 Å². The maximum Gasteiger partial charge on any atom is 0.252 e. The zero-order valence-electron chi connectivity index (χ0n) is 27.9. The van der Waals surface area contributed by atoms with Gasteiger partial charge < -0.3 is 9.80 Å². The molecule has 2 aliphatic heterocycles. The summed E-state index contributed by atoms with van der Waals surface area (Å²) in [5, 5.41) is 7.75. The number of para-hydroxylation sites is 3. The van der Waals surface area contributed by atoms with Crippen molar-refractivity contribution in [2.45, 2.75) is 0 Å². The van der Waals surface area contributed by atoms with E-state index >= 15 is 0 Å². The normalized spacial score (nSPS) is 13.0. The van der Waals surface area contributed by atoms with Crippen LogP contribution in [0, 0.1) is 0 Å². The fraction of sp³-hybridized carbons (Fsp3) is 0. The highest BCUT2D eigenvalue weighted by Crippen LogP contribution is 2.45. The Morgan fingerprint density at radius 3 is 1.45 bits per heavy atom. The van der Waals surface area contributed by atoms with Gasteiger partial charge in [0.1, 0.15) is 0 Å². The molecule has 0 aromatic heterocycles. The van der Waals surface area contributed by atoms with Gasteiger partial charge in [0.25, 0.3) is 6.71 Å². The lowest BCUT2D eigenvalue weighted by molar-refractivity contribution is 1.25. The third-order valence-electron chi connectivity index (χ3n) is 11.0. The summed E-state index contributed by atoms with van der Waals surface area (Å²) in [5.74, 6) is 0. The predicted octanol–water partition coefficient (Wildman–Crippen LogP) is 10.9. The Balaban J connectivity index is 1.16. The van der Waals surface area contributed by atoms with Crippen LogP contribution in [0.4, 0.5) is 34.1 Å². The first-order valence-electron chi connectivity index (χ1n) is 17.7. The van der Waals surface area contributed by atoms with Gasteiger partial charge in [-0.3, -0.25) is 0 Å². The summed E-state index contributed by atoms with van der Waals surface area (Å²) in [6, 6.07) is 69.2. The van der Waals surface area contributed by atoms with Crippen LogP contribution in [-0.2, 0) is 0 Å². The van der Waals surface area contributed by atoms with Crippen molar-refractivity contribution in [1.82, 2.24) is 0 Å². The molecule has 0 unspecified atom stereocenters. The predicted molar refractivity (Wildman–Crippen MR) is 218 cm³/mol. The van der Waals surface area contributed by atoms with Crippen molar-refractivity contribution >= 4 is 89.5 Å². The number of hydrogen-bond acceptors (Lipinski definition) is 2. The van der Waals surface area contributed by atoms with E-state index in [1.807, 2.05) is 0 Å². The fourth-order valence-corrected chi connectivity index (χ4v) is 8.98. The smallest absolute Gasteiger partial charge is 0.252 e. The fourth-order valence-electron chi connectivity index (χ4n) is 8.98. The molecule has 2 aliphatic rings. The molecule has 0 bridgehead atoms.